The number of aromatic hydroxyl groups is 4. The van der Waals surface area contributed by atoms with E-state index in [0.29, 0.717) is 140 Å². The van der Waals surface area contributed by atoms with Gasteiger partial charge in [-0.05, 0) is 143 Å². The van der Waals surface area contributed by atoms with Gasteiger partial charge in [-0.15, -0.1) is 23.5 Å². The van der Waals surface area contributed by atoms with E-state index in [1.165, 1.54) is 65.8 Å². The number of thioether (sulfide) groups is 2. The summed E-state index contributed by atoms with van der Waals surface area (Å²) in [6.45, 7) is 12.7. The van der Waals surface area contributed by atoms with Crippen LogP contribution in [0.5, 0.6) is 80.5 Å². The molecule has 14 aliphatic rings. The molecule has 0 aromatic heterocycles. The van der Waals surface area contributed by atoms with Gasteiger partial charge in [0.1, 0.15) is 43.6 Å². The van der Waals surface area contributed by atoms with Crippen LogP contribution in [-0.2, 0) is 70.2 Å². The monoisotopic (exact) mass is 1620 g/mol. The zero-order valence-electron chi connectivity index (χ0n) is 64.8. The van der Waals surface area contributed by atoms with Crippen molar-refractivity contribution in [2.45, 2.75) is 164 Å². The highest BCUT2D eigenvalue weighted by Crippen LogP contribution is 2.68. The Hall–Kier alpha value is -10.1. The van der Waals surface area contributed by atoms with Crippen LogP contribution >= 0.6 is 23.5 Å². The van der Waals surface area contributed by atoms with Crippen LogP contribution in [0, 0.1) is 50.4 Å². The number of ether oxygens (including phenoxy) is 12. The summed E-state index contributed by atoms with van der Waals surface area (Å²) in [5.41, 5.74) is 8.95. The van der Waals surface area contributed by atoms with E-state index < -0.39 is 93.8 Å². The average Bonchev–Trinajstić information content (AvgIpc) is 1.39. The maximum Gasteiger partial charge on any atom is 0.332 e. The fraction of sp³-hybridized carbons (Fsp3) is 0.488. The van der Waals surface area contributed by atoms with Crippen LogP contribution < -0.4 is 52.7 Å². The molecule has 610 valence electrons. The van der Waals surface area contributed by atoms with Crippen LogP contribution in [0.3, 0.4) is 0 Å². The van der Waals surface area contributed by atoms with Gasteiger partial charge in [0, 0.05) is 107 Å². The molecule has 6 aromatic carbocycles. The Morgan fingerprint density at radius 1 is 0.557 bits per heavy atom. The summed E-state index contributed by atoms with van der Waals surface area (Å²) >= 11 is 2.98. The number of phenols is 4. The van der Waals surface area contributed by atoms with Crippen molar-refractivity contribution in [1.82, 2.24) is 29.8 Å². The van der Waals surface area contributed by atoms with E-state index in [2.05, 4.69) is 37.1 Å². The molecule has 115 heavy (non-hydrogen) atoms. The number of aryl methyl sites for hydroxylation is 2. The zero-order valence-corrected chi connectivity index (χ0v) is 66.4. The number of esters is 4. The van der Waals surface area contributed by atoms with E-state index >= 15 is 0 Å². The van der Waals surface area contributed by atoms with Gasteiger partial charge in [-0.25, -0.2) is 9.59 Å². The van der Waals surface area contributed by atoms with Crippen molar-refractivity contribution in [1.29, 1.82) is 10.5 Å². The second-order valence-corrected chi connectivity index (χ2v) is 32.9. The van der Waals surface area contributed by atoms with E-state index in [4.69, 9.17) is 61.6 Å². The lowest BCUT2D eigenvalue weighted by Gasteiger charge is -2.62. The molecule has 0 aliphatic carbocycles. The number of fused-ring (bicyclic) bond motifs is 18. The summed E-state index contributed by atoms with van der Waals surface area (Å²) in [4.78, 5) is 74.3. The lowest BCUT2D eigenvalue weighted by molar-refractivity contribution is -0.163. The third-order valence-corrected chi connectivity index (χ3v) is 28.3. The molecule has 31 heteroatoms. The fourth-order valence-corrected chi connectivity index (χ4v) is 24.2. The summed E-state index contributed by atoms with van der Waals surface area (Å²) < 4.78 is 72.4. The minimum atomic E-state index is -1.36. The number of phenolic OH excluding ortho intramolecular Hbond substituents is 4. The first-order valence-corrected chi connectivity index (χ1v) is 39.4. The van der Waals surface area contributed by atoms with Gasteiger partial charge in [-0.2, -0.15) is 10.5 Å². The lowest BCUT2D eigenvalue weighted by atomic mass is 9.71. The molecule has 14 aliphatic heterocycles. The van der Waals surface area contributed by atoms with Crippen LogP contribution in [-0.4, -0.2) is 213 Å². The number of rotatable bonds is 6. The summed E-state index contributed by atoms with van der Waals surface area (Å²) in [6, 6.07) is 10.6. The molecule has 14 atom stereocenters. The van der Waals surface area contributed by atoms with Crippen LogP contribution in [0.25, 0.3) is 0 Å². The van der Waals surface area contributed by atoms with Gasteiger partial charge >= 0.3 is 23.9 Å². The van der Waals surface area contributed by atoms with E-state index in [0.717, 1.165) is 33.4 Å². The molecular weight excluding hydrogens is 1520 g/mol. The Bertz CT molecular complexity index is 5130. The Morgan fingerprint density at radius 2 is 0.991 bits per heavy atom. The number of piperazine rings is 2. The molecule has 0 radical (unpaired) electrons. The smallest absolute Gasteiger partial charge is 0.332 e. The number of benzene rings is 6. The number of hydrogen-bond donors (Lipinski definition) is 5. The van der Waals surface area contributed by atoms with Crippen molar-refractivity contribution in [2.75, 3.05) is 101 Å². The number of hydrogen-bond acceptors (Lipinski definition) is 31. The van der Waals surface area contributed by atoms with Gasteiger partial charge in [-0.3, -0.25) is 39.4 Å². The number of likely N-dealkylation sites (N-methyl/N-ethyl adjacent to an activating group) is 3. The van der Waals surface area contributed by atoms with E-state index in [-0.39, 0.29) is 99.7 Å². The molecule has 20 rings (SSSR count). The molecule has 4 saturated heterocycles. The maximum atomic E-state index is 15.0. The first-order chi connectivity index (χ1) is 54.3. The number of nitrogens with one attached hydrogen (secondary N) is 1. The van der Waals surface area contributed by atoms with Crippen molar-refractivity contribution in [2.24, 2.45) is 0 Å². The van der Waals surface area contributed by atoms with Crippen LogP contribution in [0.15, 0.2) is 36.4 Å². The molecular formula is C84H96N8O21S2. The molecule has 8 bridgehead atoms. The molecule has 29 nitrogen and oxygen atoms in total. The van der Waals surface area contributed by atoms with Crippen molar-refractivity contribution >= 4 is 54.2 Å². The average molecular weight is 1620 g/mol. The Kier molecular flexibility index (Phi) is 21.6. The maximum absolute atomic E-state index is 15.0. The largest absolute Gasteiger partial charge is 0.504 e. The highest BCUT2D eigenvalue weighted by Gasteiger charge is 2.65. The molecule has 5 N–H and O–H groups in total. The first kappa shape index (κ1) is 81.5. The lowest BCUT2D eigenvalue weighted by Crippen LogP contribution is -2.69. The number of methoxy groups -OCH3 is 4. The van der Waals surface area contributed by atoms with E-state index in [1.54, 1.807) is 24.3 Å². The molecule has 2 unspecified atom stereocenters. The summed E-state index contributed by atoms with van der Waals surface area (Å²) in [5.74, 6) is 2.04. The Balaban J connectivity index is 0.000000183. The van der Waals surface area contributed by atoms with Crippen LogP contribution in [0.2, 0.25) is 0 Å². The van der Waals surface area contributed by atoms with Gasteiger partial charge in [0.15, 0.2) is 80.1 Å². The Labute approximate surface area is 675 Å². The summed E-state index contributed by atoms with van der Waals surface area (Å²) in [6.07, 6.45) is 2.13. The van der Waals surface area contributed by atoms with Crippen molar-refractivity contribution < 1.29 is 101 Å². The van der Waals surface area contributed by atoms with E-state index in [9.17, 15) is 50.1 Å². The van der Waals surface area contributed by atoms with Crippen molar-refractivity contribution in [3.8, 4) is 92.6 Å². The van der Waals surface area contributed by atoms with Crippen LogP contribution in [0.4, 0.5) is 0 Å². The molecule has 0 saturated carbocycles. The van der Waals surface area contributed by atoms with Gasteiger partial charge in [0.25, 0.3) is 0 Å². The molecule has 6 aromatic rings. The molecule has 14 heterocycles. The number of nitriles is 2. The fourth-order valence-electron chi connectivity index (χ4n) is 20.7. The second kappa shape index (κ2) is 30.5. The SMILES string of the molecule is C.C.C=O.COc1cc2c(cc1O)CCN(C)[C@]21CS[C@@H]2c3c(OC(C)=O)c(C)c4c(c3[C@H](COC1=O)N1C2[C@H]2c3c(cc(C)c(OC)c3O)C[C@@H]([C@@H]1C#N)N2C)OCO4.COc1cc2c(cc1O)CCN[C@]21CS[C@@H]2c3c(OC(C)=O)c(C)c4c(c3[C@H](COC1=O)N1C2[C@H]2c3c(cc(C)c(OC)c3O)C[C@@H]([C@@H]1C#N)N2C)OCO4. The highest BCUT2D eigenvalue weighted by molar-refractivity contribution is 7.99. The molecule has 0 amide bonds. The minimum Gasteiger partial charge on any atom is -0.504 e. The van der Waals surface area contributed by atoms with Crippen molar-refractivity contribution in [3.05, 3.63) is 125 Å². The predicted octanol–water partition coefficient (Wildman–Crippen LogP) is 9.40. The van der Waals surface area contributed by atoms with E-state index in [1.807, 2.05) is 72.7 Å². The quantitative estimate of drug-likeness (QED) is 0.0765. The van der Waals surface area contributed by atoms with Gasteiger partial charge in [0.05, 0.1) is 75.2 Å². The third-order valence-electron chi connectivity index (χ3n) is 25.4. The third kappa shape index (κ3) is 11.8. The first-order valence-electron chi connectivity index (χ1n) is 37.3. The topological polar surface area (TPSA) is 353 Å². The van der Waals surface area contributed by atoms with Crippen LogP contribution in [0.1, 0.15) is 152 Å². The van der Waals surface area contributed by atoms with Gasteiger partial charge in [-0.1, -0.05) is 27.0 Å². The highest BCUT2D eigenvalue weighted by atomic mass is 32.2. The van der Waals surface area contributed by atoms with Crippen molar-refractivity contribution in [3.63, 3.8) is 0 Å². The van der Waals surface area contributed by atoms with Gasteiger partial charge < -0.3 is 82.1 Å². The van der Waals surface area contributed by atoms with Gasteiger partial charge in [0.2, 0.25) is 13.6 Å². The number of carbonyl (C=O) groups is 5. The second-order valence-electron chi connectivity index (χ2n) is 30.6. The predicted molar refractivity (Wildman–Crippen MR) is 421 cm³/mol. The number of carbonyl (C=O) groups excluding carboxylic acids is 5. The molecule has 4 fully saturated rings. The minimum absolute atomic E-state index is 0. The Morgan fingerprint density at radius 3 is 1.43 bits per heavy atom. The number of nitrogens with zero attached hydrogens (tertiary/aromatic N) is 7. The summed E-state index contributed by atoms with van der Waals surface area (Å²) in [5, 5.41) is 70.4. The molecule has 2 spiro atoms. The standard InChI is InChI=1S/C41H44N4O10S.C40H42N4O10S.CH2O.2CH4/c1-18-10-22-11-24-25(14-42)45-26-15-52-40(49)41(23-13-28(50-6)27(47)12-21(23)8-9-43(41)4)16-56-39(33(45)32(44(24)5)29(22)34(48)35(18)51-7)31-30(26)38-37(53-17-54-38)19(2)36(31)55-20(3)46;1-17-9-21-10-23-24(13-41)44-25-14-51-39(48)40(22-12-27(49-5)26(46)11-20(22)7-8-42-40)15-55-38(32(44)31(43(23)4)28(21)33(47)34(17)50-6)30-29(25)37-36(52-16-53-37)18(2)35(30)54-19(3)45;1-2;;/h10,12-13,24-26,32-33,39,47-48H,8-9,11,15-17H2,1-7H3;9,11-12,23-25,31-32,38,42,46-47H,7-8,10,14-16H2,1-6H3;1H2;2*1H4/t24-,25-,26-,32+,33?,39+,41+;23-,24-,25-,31+,32?,38+,40+;;;/m00.../s1. The normalized spacial score (nSPS) is 28.0. The summed E-state index contributed by atoms with van der Waals surface area (Å²) in [7, 11) is 11.9. The zero-order chi connectivity index (χ0) is 80.2.